The van der Waals surface area contributed by atoms with Crippen molar-refractivity contribution in [1.29, 1.82) is 0 Å². The monoisotopic (exact) mass is 219 g/mol. The minimum Gasteiger partial charge on any atom is -0.258 e. The fourth-order valence-corrected chi connectivity index (χ4v) is 1.64. The SMILES string of the molecule is C=CC(C)c1cc(CCC)cc([N+](=O)[O-])c1. The average molecular weight is 219 g/mol. The molecule has 1 atom stereocenters. The van der Waals surface area contributed by atoms with Crippen molar-refractivity contribution in [2.75, 3.05) is 0 Å². The number of benzene rings is 1. The van der Waals surface area contributed by atoms with Crippen molar-refractivity contribution < 1.29 is 4.92 Å². The number of nitro groups is 1. The zero-order chi connectivity index (χ0) is 12.1. The van der Waals surface area contributed by atoms with Gasteiger partial charge in [0.25, 0.3) is 5.69 Å². The molecule has 3 heteroatoms. The van der Waals surface area contributed by atoms with E-state index in [-0.39, 0.29) is 16.5 Å². The van der Waals surface area contributed by atoms with E-state index in [1.54, 1.807) is 18.2 Å². The molecule has 1 unspecified atom stereocenters. The van der Waals surface area contributed by atoms with Gasteiger partial charge in [0.1, 0.15) is 0 Å². The van der Waals surface area contributed by atoms with Crippen LogP contribution in [0, 0.1) is 10.1 Å². The Kier molecular flexibility index (Phi) is 4.23. The maximum absolute atomic E-state index is 10.8. The van der Waals surface area contributed by atoms with E-state index in [4.69, 9.17) is 0 Å². The van der Waals surface area contributed by atoms with Crippen LogP contribution in [-0.2, 0) is 6.42 Å². The van der Waals surface area contributed by atoms with Gasteiger partial charge >= 0.3 is 0 Å². The number of hydrogen-bond donors (Lipinski definition) is 0. The molecule has 16 heavy (non-hydrogen) atoms. The summed E-state index contributed by atoms with van der Waals surface area (Å²) in [6.45, 7) is 7.77. The van der Waals surface area contributed by atoms with Gasteiger partial charge in [0.15, 0.2) is 0 Å². The second kappa shape index (κ2) is 5.45. The van der Waals surface area contributed by atoms with Crippen molar-refractivity contribution in [2.45, 2.75) is 32.6 Å². The quantitative estimate of drug-likeness (QED) is 0.429. The molecule has 86 valence electrons. The first kappa shape index (κ1) is 12.4. The van der Waals surface area contributed by atoms with Crippen LogP contribution in [0.3, 0.4) is 0 Å². The maximum Gasteiger partial charge on any atom is 0.269 e. The third kappa shape index (κ3) is 2.92. The van der Waals surface area contributed by atoms with Crippen LogP contribution in [0.5, 0.6) is 0 Å². The third-order valence-corrected chi connectivity index (χ3v) is 2.63. The van der Waals surface area contributed by atoms with Crippen molar-refractivity contribution >= 4 is 5.69 Å². The van der Waals surface area contributed by atoms with Gasteiger partial charge in [0.2, 0.25) is 0 Å². The molecule has 0 heterocycles. The Morgan fingerprint density at radius 1 is 1.50 bits per heavy atom. The van der Waals surface area contributed by atoms with Crippen molar-refractivity contribution in [2.24, 2.45) is 0 Å². The van der Waals surface area contributed by atoms with Gasteiger partial charge in [-0.2, -0.15) is 0 Å². The zero-order valence-corrected chi connectivity index (χ0v) is 9.77. The highest BCUT2D eigenvalue weighted by Crippen LogP contribution is 2.24. The first-order chi connectivity index (χ1) is 7.58. The van der Waals surface area contributed by atoms with Gasteiger partial charge in [-0.25, -0.2) is 0 Å². The lowest BCUT2D eigenvalue weighted by atomic mass is 9.97. The molecule has 0 saturated carbocycles. The summed E-state index contributed by atoms with van der Waals surface area (Å²) in [5, 5.41) is 10.8. The predicted molar refractivity (Wildman–Crippen MR) is 65.7 cm³/mol. The van der Waals surface area contributed by atoms with E-state index in [9.17, 15) is 10.1 Å². The summed E-state index contributed by atoms with van der Waals surface area (Å²) in [6.07, 6.45) is 3.66. The van der Waals surface area contributed by atoms with Crippen molar-refractivity contribution in [3.05, 3.63) is 52.1 Å². The molecule has 1 aromatic rings. The molecular weight excluding hydrogens is 202 g/mol. The van der Waals surface area contributed by atoms with Crippen LogP contribution >= 0.6 is 0 Å². The Bertz CT molecular complexity index is 399. The van der Waals surface area contributed by atoms with Gasteiger partial charge in [-0.1, -0.05) is 32.4 Å². The second-order valence-corrected chi connectivity index (χ2v) is 3.96. The molecule has 0 saturated heterocycles. The summed E-state index contributed by atoms with van der Waals surface area (Å²) >= 11 is 0. The first-order valence-corrected chi connectivity index (χ1v) is 5.49. The molecule has 0 aromatic heterocycles. The Labute approximate surface area is 95.9 Å². The number of nitrogens with zero attached hydrogens (tertiary/aromatic N) is 1. The summed E-state index contributed by atoms with van der Waals surface area (Å²) in [5.41, 5.74) is 2.17. The highest BCUT2D eigenvalue weighted by atomic mass is 16.6. The Morgan fingerprint density at radius 2 is 2.19 bits per heavy atom. The van der Waals surface area contributed by atoms with Crippen LogP contribution in [0.1, 0.15) is 37.3 Å². The van der Waals surface area contributed by atoms with Crippen molar-refractivity contribution in [1.82, 2.24) is 0 Å². The van der Waals surface area contributed by atoms with Crippen LogP contribution in [0.2, 0.25) is 0 Å². The number of non-ortho nitro benzene ring substituents is 1. The fourth-order valence-electron chi connectivity index (χ4n) is 1.64. The van der Waals surface area contributed by atoms with Gasteiger partial charge in [0.05, 0.1) is 4.92 Å². The first-order valence-electron chi connectivity index (χ1n) is 5.49. The van der Waals surface area contributed by atoms with Crippen LogP contribution in [-0.4, -0.2) is 4.92 Å². The summed E-state index contributed by atoms with van der Waals surface area (Å²) in [6, 6.07) is 5.32. The lowest BCUT2D eigenvalue weighted by molar-refractivity contribution is -0.385. The second-order valence-electron chi connectivity index (χ2n) is 3.96. The number of rotatable bonds is 5. The lowest BCUT2D eigenvalue weighted by Gasteiger charge is -2.08. The summed E-state index contributed by atoms with van der Waals surface area (Å²) in [5.74, 6) is 0.149. The van der Waals surface area contributed by atoms with Gasteiger partial charge in [-0.05, 0) is 23.5 Å². The van der Waals surface area contributed by atoms with Gasteiger partial charge in [-0.15, -0.1) is 6.58 Å². The Balaban J connectivity index is 3.17. The van der Waals surface area contributed by atoms with E-state index in [0.717, 1.165) is 24.0 Å². The van der Waals surface area contributed by atoms with E-state index in [1.807, 2.05) is 13.0 Å². The molecule has 0 aliphatic carbocycles. The van der Waals surface area contributed by atoms with E-state index >= 15 is 0 Å². The lowest BCUT2D eigenvalue weighted by Crippen LogP contribution is -1.96. The summed E-state index contributed by atoms with van der Waals surface area (Å²) in [7, 11) is 0. The largest absolute Gasteiger partial charge is 0.269 e. The van der Waals surface area contributed by atoms with Gasteiger partial charge in [0, 0.05) is 12.1 Å². The Hall–Kier alpha value is -1.64. The molecule has 3 nitrogen and oxygen atoms in total. The number of nitro benzene ring substituents is 1. The van der Waals surface area contributed by atoms with E-state index in [2.05, 4.69) is 13.5 Å². The fraction of sp³-hybridized carbons (Fsp3) is 0.385. The molecule has 1 rings (SSSR count). The highest BCUT2D eigenvalue weighted by molar-refractivity contribution is 5.41. The molecular formula is C13H17NO2. The molecule has 0 aliphatic rings. The highest BCUT2D eigenvalue weighted by Gasteiger charge is 2.11. The standard InChI is InChI=1S/C13H17NO2/c1-4-6-11-7-12(10(3)5-2)9-13(8-11)14(15)16/h5,7-10H,2,4,6H2,1,3H3. The maximum atomic E-state index is 10.8. The number of aryl methyl sites for hydroxylation is 1. The van der Waals surface area contributed by atoms with Crippen LogP contribution in [0.25, 0.3) is 0 Å². The van der Waals surface area contributed by atoms with E-state index < -0.39 is 0 Å². The summed E-state index contributed by atoms with van der Waals surface area (Å²) in [4.78, 5) is 10.5. The number of allylic oxidation sites excluding steroid dienone is 1. The smallest absolute Gasteiger partial charge is 0.258 e. The third-order valence-electron chi connectivity index (χ3n) is 2.63. The average Bonchev–Trinajstić information content (AvgIpc) is 2.28. The van der Waals surface area contributed by atoms with Crippen molar-refractivity contribution in [3.8, 4) is 0 Å². The molecule has 0 amide bonds. The number of hydrogen-bond acceptors (Lipinski definition) is 2. The molecule has 0 bridgehead atoms. The van der Waals surface area contributed by atoms with Gasteiger partial charge < -0.3 is 0 Å². The topological polar surface area (TPSA) is 43.1 Å². The molecule has 0 aliphatic heterocycles. The molecule has 0 fully saturated rings. The Morgan fingerprint density at radius 3 is 2.69 bits per heavy atom. The predicted octanol–water partition coefficient (Wildman–Crippen LogP) is 3.84. The zero-order valence-electron chi connectivity index (χ0n) is 9.77. The molecule has 0 N–H and O–H groups in total. The molecule has 1 aromatic carbocycles. The van der Waals surface area contributed by atoms with Gasteiger partial charge in [-0.3, -0.25) is 10.1 Å². The van der Waals surface area contributed by atoms with Crippen LogP contribution in [0.15, 0.2) is 30.9 Å². The van der Waals surface area contributed by atoms with E-state index in [1.165, 1.54) is 0 Å². The van der Waals surface area contributed by atoms with Crippen molar-refractivity contribution in [3.63, 3.8) is 0 Å². The van der Waals surface area contributed by atoms with Crippen LogP contribution < -0.4 is 0 Å². The van der Waals surface area contributed by atoms with Crippen LogP contribution in [0.4, 0.5) is 5.69 Å². The molecule has 0 radical (unpaired) electrons. The minimum absolute atomic E-state index is 0.149. The van der Waals surface area contributed by atoms with E-state index in [0.29, 0.717) is 0 Å². The molecule has 0 spiro atoms. The minimum atomic E-state index is -0.335. The summed E-state index contributed by atoms with van der Waals surface area (Å²) < 4.78 is 0. The normalized spacial score (nSPS) is 12.1.